The van der Waals surface area contributed by atoms with Gasteiger partial charge in [-0.05, 0) is 37.1 Å². The van der Waals surface area contributed by atoms with E-state index in [1.54, 1.807) is 32.3 Å². The summed E-state index contributed by atoms with van der Waals surface area (Å²) >= 11 is 0. The monoisotopic (exact) mass is 489 g/mol. The van der Waals surface area contributed by atoms with Crippen LogP contribution in [0.25, 0.3) is 0 Å². The van der Waals surface area contributed by atoms with Gasteiger partial charge in [0, 0.05) is 44.9 Å². The molecule has 2 N–H and O–H groups in total. The van der Waals surface area contributed by atoms with E-state index in [1.165, 1.54) is 29.2 Å². The summed E-state index contributed by atoms with van der Waals surface area (Å²) in [7, 11) is -0.912. The molecule has 1 saturated heterocycles. The number of sulfonamides is 1. The summed E-state index contributed by atoms with van der Waals surface area (Å²) < 4.78 is 27.2. The zero-order valence-electron chi connectivity index (χ0n) is 18.9. The van der Waals surface area contributed by atoms with Crippen LogP contribution in [0.2, 0.25) is 0 Å². The van der Waals surface area contributed by atoms with Gasteiger partial charge in [0.1, 0.15) is 5.69 Å². The van der Waals surface area contributed by atoms with Gasteiger partial charge >= 0.3 is 0 Å². The topological polar surface area (TPSA) is 142 Å². The molecule has 0 atom stereocenters. The number of piperidine rings is 1. The van der Waals surface area contributed by atoms with E-state index in [1.807, 2.05) is 9.62 Å². The number of rotatable bonds is 8. The highest BCUT2D eigenvalue weighted by atomic mass is 32.2. The number of amides is 2. The molecule has 34 heavy (non-hydrogen) atoms. The summed E-state index contributed by atoms with van der Waals surface area (Å²) in [5, 5.41) is 14.8. The molecular formula is C22H27N5O6S. The van der Waals surface area contributed by atoms with E-state index in [0.29, 0.717) is 32.5 Å². The average molecular weight is 490 g/mol. The van der Waals surface area contributed by atoms with Gasteiger partial charge in [0.2, 0.25) is 5.91 Å². The van der Waals surface area contributed by atoms with Crippen molar-refractivity contribution in [1.29, 1.82) is 0 Å². The molecule has 1 fully saturated rings. The Bertz CT molecular complexity index is 1160. The SMILES string of the molecule is CN(C)C(=O)CN1CCC(Nc2ccc(S(=O)(=O)NC(=O)c3ccccc3)cc2[N+](=O)[O-])CC1. The number of likely N-dealkylation sites (tertiary alicyclic amines) is 1. The zero-order chi connectivity index (χ0) is 24.9. The maximum absolute atomic E-state index is 12.7. The standard InChI is InChI=1S/C22H27N5O6S/c1-25(2)21(28)15-26-12-10-17(11-13-26)23-19-9-8-18(14-20(19)27(30)31)34(32,33)24-22(29)16-6-4-3-5-7-16/h3-9,14,17,23H,10-13,15H2,1-2H3,(H,24,29). The summed E-state index contributed by atoms with van der Waals surface area (Å²) in [6.45, 7) is 1.63. The Hall–Kier alpha value is -3.51. The smallest absolute Gasteiger partial charge is 0.293 e. The zero-order valence-corrected chi connectivity index (χ0v) is 19.7. The molecule has 2 aromatic rings. The van der Waals surface area contributed by atoms with Crippen LogP contribution < -0.4 is 10.0 Å². The molecular weight excluding hydrogens is 462 g/mol. The van der Waals surface area contributed by atoms with E-state index >= 15 is 0 Å². The first-order valence-electron chi connectivity index (χ1n) is 10.7. The van der Waals surface area contributed by atoms with Crippen molar-refractivity contribution < 1.29 is 22.9 Å². The second-order valence-corrected chi connectivity index (χ2v) is 9.90. The van der Waals surface area contributed by atoms with E-state index in [2.05, 4.69) is 5.32 Å². The molecule has 2 aromatic carbocycles. The highest BCUT2D eigenvalue weighted by Crippen LogP contribution is 2.29. The predicted octanol–water partition coefficient (Wildman–Crippen LogP) is 1.68. The second kappa shape index (κ2) is 10.6. The first kappa shape index (κ1) is 25.1. The van der Waals surface area contributed by atoms with Crippen molar-refractivity contribution in [3.8, 4) is 0 Å². The van der Waals surface area contributed by atoms with Crippen molar-refractivity contribution in [2.75, 3.05) is 39.0 Å². The first-order chi connectivity index (χ1) is 16.1. The molecule has 0 aliphatic carbocycles. The van der Waals surface area contributed by atoms with Crippen LogP contribution in [0.1, 0.15) is 23.2 Å². The van der Waals surface area contributed by atoms with Crippen molar-refractivity contribution in [3.63, 3.8) is 0 Å². The van der Waals surface area contributed by atoms with Crippen molar-refractivity contribution >= 4 is 33.2 Å². The van der Waals surface area contributed by atoms with E-state index < -0.39 is 26.5 Å². The third-order valence-corrected chi connectivity index (χ3v) is 6.87. The molecule has 0 saturated carbocycles. The van der Waals surface area contributed by atoms with Gasteiger partial charge in [-0.25, -0.2) is 13.1 Å². The number of nitro groups is 1. The highest BCUT2D eigenvalue weighted by Gasteiger charge is 2.26. The first-order valence-corrected chi connectivity index (χ1v) is 12.1. The van der Waals surface area contributed by atoms with Gasteiger partial charge in [-0.15, -0.1) is 0 Å². The fourth-order valence-electron chi connectivity index (χ4n) is 3.57. The quantitative estimate of drug-likeness (QED) is 0.421. The van der Waals surface area contributed by atoms with Gasteiger partial charge in [0.05, 0.1) is 16.4 Å². The van der Waals surface area contributed by atoms with Gasteiger partial charge in [-0.2, -0.15) is 0 Å². The molecule has 0 bridgehead atoms. The lowest BCUT2D eigenvalue weighted by Gasteiger charge is -2.32. The Morgan fingerprint density at radius 2 is 1.76 bits per heavy atom. The van der Waals surface area contributed by atoms with Crippen molar-refractivity contribution in [3.05, 3.63) is 64.2 Å². The van der Waals surface area contributed by atoms with E-state index in [0.717, 1.165) is 6.07 Å². The number of hydrogen-bond acceptors (Lipinski definition) is 8. The van der Waals surface area contributed by atoms with Crippen LogP contribution in [0.5, 0.6) is 0 Å². The fourth-order valence-corrected chi connectivity index (χ4v) is 4.56. The average Bonchev–Trinajstić information content (AvgIpc) is 2.80. The van der Waals surface area contributed by atoms with E-state index in [4.69, 9.17) is 0 Å². The molecule has 1 aliphatic rings. The minimum Gasteiger partial charge on any atom is -0.377 e. The van der Waals surface area contributed by atoms with Crippen molar-refractivity contribution in [2.24, 2.45) is 0 Å². The van der Waals surface area contributed by atoms with Gasteiger partial charge < -0.3 is 10.2 Å². The lowest BCUT2D eigenvalue weighted by Crippen LogP contribution is -2.44. The van der Waals surface area contributed by atoms with Crippen LogP contribution in [0.3, 0.4) is 0 Å². The van der Waals surface area contributed by atoms with Gasteiger partial charge in [-0.1, -0.05) is 18.2 Å². The molecule has 0 spiro atoms. The predicted molar refractivity (Wildman–Crippen MR) is 126 cm³/mol. The van der Waals surface area contributed by atoms with Crippen LogP contribution in [0.15, 0.2) is 53.4 Å². The Labute approximate surface area is 197 Å². The molecule has 11 nitrogen and oxygen atoms in total. The maximum atomic E-state index is 12.7. The van der Waals surface area contributed by atoms with Crippen LogP contribution >= 0.6 is 0 Å². The summed E-state index contributed by atoms with van der Waals surface area (Å²) in [6, 6.07) is 11.2. The Morgan fingerprint density at radius 3 is 2.35 bits per heavy atom. The Kier molecular flexibility index (Phi) is 7.84. The maximum Gasteiger partial charge on any atom is 0.293 e. The molecule has 182 valence electrons. The third kappa shape index (κ3) is 6.29. The fraction of sp³-hybridized carbons (Fsp3) is 0.364. The number of anilines is 1. The molecule has 0 unspecified atom stereocenters. The van der Waals surface area contributed by atoms with E-state index in [9.17, 15) is 28.1 Å². The number of benzene rings is 2. The number of nitro benzene ring substituents is 1. The van der Waals surface area contributed by atoms with Crippen molar-refractivity contribution in [1.82, 2.24) is 14.5 Å². The number of hydrogen-bond donors (Lipinski definition) is 2. The molecule has 2 amide bonds. The summed E-state index contributed by atoms with van der Waals surface area (Å²) in [6.07, 6.45) is 1.34. The second-order valence-electron chi connectivity index (χ2n) is 8.22. The van der Waals surface area contributed by atoms with Crippen LogP contribution in [-0.4, -0.2) is 74.7 Å². The Morgan fingerprint density at radius 1 is 1.12 bits per heavy atom. The normalized spacial score (nSPS) is 14.9. The number of nitrogens with one attached hydrogen (secondary N) is 2. The minimum atomic E-state index is -4.31. The lowest BCUT2D eigenvalue weighted by molar-refractivity contribution is -0.384. The molecule has 1 aliphatic heterocycles. The van der Waals surface area contributed by atoms with Gasteiger partial charge in [-0.3, -0.25) is 24.6 Å². The number of carbonyl (C=O) groups excluding carboxylic acids is 2. The van der Waals surface area contributed by atoms with Crippen molar-refractivity contribution in [2.45, 2.75) is 23.8 Å². The third-order valence-electron chi connectivity index (χ3n) is 5.54. The molecule has 12 heteroatoms. The van der Waals surface area contributed by atoms with E-state index in [-0.39, 0.29) is 28.1 Å². The van der Waals surface area contributed by atoms with Gasteiger partial charge in [0.15, 0.2) is 0 Å². The Balaban J connectivity index is 1.69. The molecule has 0 aromatic heterocycles. The van der Waals surface area contributed by atoms with Crippen LogP contribution in [-0.2, 0) is 14.8 Å². The minimum absolute atomic E-state index is 0.0122. The lowest BCUT2D eigenvalue weighted by atomic mass is 10.0. The number of carbonyl (C=O) groups is 2. The van der Waals surface area contributed by atoms with Crippen LogP contribution in [0.4, 0.5) is 11.4 Å². The number of likely N-dealkylation sites (N-methyl/N-ethyl adjacent to an activating group) is 1. The summed E-state index contributed by atoms with van der Waals surface area (Å²) in [5.41, 5.74) is -0.0566. The highest BCUT2D eigenvalue weighted by molar-refractivity contribution is 7.90. The molecule has 1 heterocycles. The van der Waals surface area contributed by atoms with Crippen LogP contribution in [0, 0.1) is 10.1 Å². The molecule has 0 radical (unpaired) electrons. The largest absolute Gasteiger partial charge is 0.377 e. The summed E-state index contributed by atoms with van der Waals surface area (Å²) in [4.78, 5) is 38.3. The van der Waals surface area contributed by atoms with Gasteiger partial charge in [0.25, 0.3) is 21.6 Å². The molecule has 3 rings (SSSR count). The number of nitrogens with zero attached hydrogens (tertiary/aromatic N) is 3. The summed E-state index contributed by atoms with van der Waals surface area (Å²) in [5.74, 6) is -0.817.